The average molecular weight is 378 g/mol. The highest BCUT2D eigenvalue weighted by Gasteiger charge is 2.17. The second-order valence-electron chi connectivity index (χ2n) is 7.82. The molecule has 2 aromatic heterocycles. The average Bonchev–Trinajstić information content (AvgIpc) is 3.51. The summed E-state index contributed by atoms with van der Waals surface area (Å²) in [6, 6.07) is 9.30. The quantitative estimate of drug-likeness (QED) is 0.679. The number of nitrogens with zero attached hydrogens (tertiary/aromatic N) is 6. The Morgan fingerprint density at radius 1 is 0.821 bits per heavy atom. The Labute approximate surface area is 164 Å². The molecule has 0 bridgehead atoms. The molecule has 1 aromatic carbocycles. The SMILES string of the molecule is c1cc(-c2cn(C[C@@H]3CCCN3)nn2)cc(-c2cn(C[C@@H]3CCCN3)nn2)c1. The third-order valence-corrected chi connectivity index (χ3v) is 5.67. The summed E-state index contributed by atoms with van der Waals surface area (Å²) in [6.07, 6.45) is 8.95. The lowest BCUT2D eigenvalue weighted by atomic mass is 10.1. The number of hydrogen-bond donors (Lipinski definition) is 2. The van der Waals surface area contributed by atoms with E-state index < -0.39 is 0 Å². The molecule has 0 radical (unpaired) electrons. The Morgan fingerprint density at radius 3 is 1.82 bits per heavy atom. The molecule has 4 heterocycles. The minimum absolute atomic E-state index is 0.505. The number of nitrogens with one attached hydrogen (secondary N) is 2. The van der Waals surface area contributed by atoms with E-state index in [-0.39, 0.29) is 0 Å². The first-order valence-electron chi connectivity index (χ1n) is 10.2. The number of hydrogen-bond acceptors (Lipinski definition) is 6. The largest absolute Gasteiger partial charge is 0.312 e. The van der Waals surface area contributed by atoms with Gasteiger partial charge in [0.1, 0.15) is 11.4 Å². The molecule has 5 rings (SSSR count). The van der Waals surface area contributed by atoms with E-state index in [4.69, 9.17) is 0 Å². The van der Waals surface area contributed by atoms with Crippen molar-refractivity contribution in [1.82, 2.24) is 40.6 Å². The van der Waals surface area contributed by atoms with E-state index in [2.05, 4.69) is 49.5 Å². The summed E-state index contributed by atoms with van der Waals surface area (Å²) in [5, 5.41) is 24.4. The molecule has 146 valence electrons. The summed E-state index contributed by atoms with van der Waals surface area (Å²) in [5.74, 6) is 0. The third kappa shape index (κ3) is 3.83. The van der Waals surface area contributed by atoms with Crippen LogP contribution >= 0.6 is 0 Å². The van der Waals surface area contributed by atoms with Gasteiger partial charge in [-0.05, 0) is 44.8 Å². The molecular weight excluding hydrogens is 352 g/mol. The molecule has 2 N–H and O–H groups in total. The van der Waals surface area contributed by atoms with Gasteiger partial charge in [-0.1, -0.05) is 28.6 Å². The lowest BCUT2D eigenvalue weighted by Crippen LogP contribution is -2.26. The first-order valence-corrected chi connectivity index (χ1v) is 10.2. The lowest BCUT2D eigenvalue weighted by molar-refractivity contribution is 0.466. The molecule has 0 aliphatic carbocycles. The zero-order chi connectivity index (χ0) is 18.8. The van der Waals surface area contributed by atoms with Gasteiger partial charge >= 0.3 is 0 Å². The molecule has 0 saturated carbocycles. The second kappa shape index (κ2) is 7.81. The first kappa shape index (κ1) is 17.5. The molecule has 2 atom stereocenters. The molecule has 8 nitrogen and oxygen atoms in total. The van der Waals surface area contributed by atoms with E-state index in [1.807, 2.05) is 27.8 Å². The molecule has 8 heteroatoms. The van der Waals surface area contributed by atoms with Crippen molar-refractivity contribution in [2.75, 3.05) is 13.1 Å². The van der Waals surface area contributed by atoms with Gasteiger partial charge in [-0.15, -0.1) is 10.2 Å². The third-order valence-electron chi connectivity index (χ3n) is 5.67. The van der Waals surface area contributed by atoms with Crippen molar-refractivity contribution < 1.29 is 0 Å². The summed E-state index contributed by atoms with van der Waals surface area (Å²) in [4.78, 5) is 0. The maximum absolute atomic E-state index is 4.37. The van der Waals surface area contributed by atoms with Crippen LogP contribution in [-0.4, -0.2) is 55.2 Å². The van der Waals surface area contributed by atoms with Crippen LogP contribution in [-0.2, 0) is 13.1 Å². The van der Waals surface area contributed by atoms with Crippen molar-refractivity contribution in [2.45, 2.75) is 50.9 Å². The van der Waals surface area contributed by atoms with Gasteiger partial charge in [-0.3, -0.25) is 9.36 Å². The first-order chi connectivity index (χ1) is 13.8. The Kier molecular flexibility index (Phi) is 4.88. The van der Waals surface area contributed by atoms with Crippen molar-refractivity contribution in [1.29, 1.82) is 0 Å². The van der Waals surface area contributed by atoms with Crippen molar-refractivity contribution in [2.24, 2.45) is 0 Å². The minimum Gasteiger partial charge on any atom is -0.312 e. The predicted octanol–water partition coefficient (Wildman–Crippen LogP) is 1.71. The fourth-order valence-corrected chi connectivity index (χ4v) is 4.15. The summed E-state index contributed by atoms with van der Waals surface area (Å²) in [7, 11) is 0. The van der Waals surface area contributed by atoms with Crippen LogP contribution in [0.4, 0.5) is 0 Å². The Morgan fingerprint density at radius 2 is 1.36 bits per heavy atom. The van der Waals surface area contributed by atoms with Crippen LogP contribution in [0.1, 0.15) is 25.7 Å². The van der Waals surface area contributed by atoms with Crippen LogP contribution in [0.25, 0.3) is 22.5 Å². The van der Waals surface area contributed by atoms with Crippen LogP contribution in [0, 0.1) is 0 Å². The summed E-state index contributed by atoms with van der Waals surface area (Å²) >= 11 is 0. The van der Waals surface area contributed by atoms with E-state index in [0.29, 0.717) is 12.1 Å². The van der Waals surface area contributed by atoms with Crippen LogP contribution < -0.4 is 10.6 Å². The lowest BCUT2D eigenvalue weighted by Gasteiger charge is -2.08. The van der Waals surface area contributed by atoms with Gasteiger partial charge in [0.05, 0.1) is 25.5 Å². The molecule has 2 aliphatic rings. The van der Waals surface area contributed by atoms with E-state index in [1.54, 1.807) is 0 Å². The fourth-order valence-electron chi connectivity index (χ4n) is 4.15. The van der Waals surface area contributed by atoms with Crippen molar-refractivity contribution in [3.8, 4) is 22.5 Å². The van der Waals surface area contributed by atoms with E-state index in [0.717, 1.165) is 48.7 Å². The molecule has 2 saturated heterocycles. The predicted molar refractivity (Wildman–Crippen MR) is 107 cm³/mol. The van der Waals surface area contributed by atoms with E-state index in [9.17, 15) is 0 Å². The molecule has 3 aromatic rings. The van der Waals surface area contributed by atoms with Gasteiger partial charge < -0.3 is 10.6 Å². The highest BCUT2D eigenvalue weighted by Crippen LogP contribution is 2.24. The Bertz CT molecular complexity index is 846. The minimum atomic E-state index is 0.505. The van der Waals surface area contributed by atoms with Crippen LogP contribution in [0.5, 0.6) is 0 Å². The van der Waals surface area contributed by atoms with Gasteiger partial charge in [-0.25, -0.2) is 0 Å². The molecular formula is C20H26N8. The van der Waals surface area contributed by atoms with Crippen molar-refractivity contribution in [3.05, 3.63) is 36.7 Å². The fraction of sp³-hybridized carbons (Fsp3) is 0.500. The molecule has 0 amide bonds. The smallest absolute Gasteiger partial charge is 0.113 e. The topological polar surface area (TPSA) is 85.5 Å². The zero-order valence-electron chi connectivity index (χ0n) is 16.0. The second-order valence-corrected chi connectivity index (χ2v) is 7.82. The Hall–Kier alpha value is -2.58. The van der Waals surface area contributed by atoms with Crippen LogP contribution in [0.15, 0.2) is 36.7 Å². The molecule has 0 spiro atoms. The Balaban J connectivity index is 1.31. The van der Waals surface area contributed by atoms with Gasteiger partial charge in [-0.2, -0.15) is 0 Å². The maximum Gasteiger partial charge on any atom is 0.113 e. The van der Waals surface area contributed by atoms with Gasteiger partial charge in [0.25, 0.3) is 0 Å². The van der Waals surface area contributed by atoms with Crippen LogP contribution in [0.3, 0.4) is 0 Å². The summed E-state index contributed by atoms with van der Waals surface area (Å²) in [5.41, 5.74) is 3.88. The molecule has 28 heavy (non-hydrogen) atoms. The van der Waals surface area contributed by atoms with Gasteiger partial charge in [0.2, 0.25) is 0 Å². The number of aromatic nitrogens is 6. The van der Waals surface area contributed by atoms with Gasteiger partial charge in [0, 0.05) is 23.2 Å². The maximum atomic E-state index is 4.37. The van der Waals surface area contributed by atoms with Crippen molar-refractivity contribution >= 4 is 0 Å². The molecule has 2 fully saturated rings. The molecule has 0 unspecified atom stereocenters. The van der Waals surface area contributed by atoms with E-state index >= 15 is 0 Å². The van der Waals surface area contributed by atoms with E-state index in [1.165, 1.54) is 25.7 Å². The number of rotatable bonds is 6. The molecule has 2 aliphatic heterocycles. The highest BCUT2D eigenvalue weighted by molar-refractivity contribution is 5.68. The highest BCUT2D eigenvalue weighted by atomic mass is 15.4. The monoisotopic (exact) mass is 378 g/mol. The van der Waals surface area contributed by atoms with Crippen molar-refractivity contribution in [3.63, 3.8) is 0 Å². The normalized spacial score (nSPS) is 22.1. The summed E-state index contributed by atoms with van der Waals surface area (Å²) in [6.45, 7) is 3.95. The number of benzene rings is 1. The standard InChI is InChI=1S/C20H26N8/c1-4-15(19-13-27(25-23-19)11-17-6-2-8-21-17)10-16(5-1)20-14-28(26-24-20)12-18-7-3-9-22-18/h1,4-5,10,13-14,17-18,21-22H,2-3,6-9,11-12H2/t17-,18-/m0/s1. The van der Waals surface area contributed by atoms with Crippen LogP contribution in [0.2, 0.25) is 0 Å². The van der Waals surface area contributed by atoms with Gasteiger partial charge in [0.15, 0.2) is 0 Å². The zero-order valence-corrected chi connectivity index (χ0v) is 16.0. The summed E-state index contributed by atoms with van der Waals surface area (Å²) < 4.78 is 3.88.